The lowest BCUT2D eigenvalue weighted by molar-refractivity contribution is -0.154. The van der Waals surface area contributed by atoms with Crippen LogP contribution in [-0.2, 0) is 19.1 Å². The van der Waals surface area contributed by atoms with E-state index in [0.29, 0.717) is 13.0 Å². The van der Waals surface area contributed by atoms with E-state index in [9.17, 15) is 19.5 Å². The van der Waals surface area contributed by atoms with Crippen molar-refractivity contribution in [2.75, 3.05) is 26.3 Å². The monoisotopic (exact) mass is 476 g/mol. The van der Waals surface area contributed by atoms with E-state index in [1.165, 1.54) is 6.42 Å². The number of thioether (sulfide) groups is 1. The van der Waals surface area contributed by atoms with Gasteiger partial charge in [0.25, 0.3) is 0 Å². The Balaban J connectivity index is 1.65. The van der Waals surface area contributed by atoms with Crippen molar-refractivity contribution in [1.29, 1.82) is 0 Å². The van der Waals surface area contributed by atoms with Crippen LogP contribution < -0.4 is 0 Å². The van der Waals surface area contributed by atoms with Gasteiger partial charge in [-0.15, -0.1) is 24.9 Å². The Bertz CT molecular complexity index is 798. The third-order valence-electron chi connectivity index (χ3n) is 7.84. The molecule has 0 aromatic heterocycles. The van der Waals surface area contributed by atoms with Crippen molar-refractivity contribution in [1.82, 2.24) is 9.80 Å². The number of carbonyl (C=O) groups is 3. The Hall–Kier alpha value is -1.80. The quantitative estimate of drug-likeness (QED) is 0.296. The first-order chi connectivity index (χ1) is 16.0. The minimum absolute atomic E-state index is 0.00991. The first-order valence-electron chi connectivity index (χ1n) is 12.3. The predicted octanol–water partition coefficient (Wildman–Crippen LogP) is 2.54. The number of fused-ring (bicyclic) bond motifs is 1. The second kappa shape index (κ2) is 10.2. The van der Waals surface area contributed by atoms with Crippen molar-refractivity contribution >= 4 is 29.5 Å². The number of carbonyl (C=O) groups excluding carboxylic acids is 3. The molecule has 1 N–H and O–H groups in total. The van der Waals surface area contributed by atoms with Crippen molar-refractivity contribution in [3.8, 4) is 0 Å². The molecular weight excluding hydrogens is 440 g/mol. The number of aliphatic hydroxyl groups excluding tert-OH is 1. The lowest BCUT2D eigenvalue weighted by atomic mass is 9.71. The van der Waals surface area contributed by atoms with E-state index < -0.39 is 22.6 Å². The van der Waals surface area contributed by atoms with Gasteiger partial charge < -0.3 is 19.6 Å². The Labute approximate surface area is 200 Å². The molecule has 2 bridgehead atoms. The van der Waals surface area contributed by atoms with Crippen LogP contribution in [0.1, 0.15) is 51.4 Å². The van der Waals surface area contributed by atoms with Crippen LogP contribution >= 0.6 is 11.8 Å². The number of ether oxygens (including phenoxy) is 1. The standard InChI is InChI=1S/C25H36N2O5S/c1-3-5-16-32-24(31)19-18-11-12-25(33-18)20(19)22(29)27(14-15-28)21(25)23(30)26(13-4-2)17-9-7-6-8-10-17/h3-4,17-21,28H,1-2,5-16H2/t18-,19+,20-,21?,25?/m0/s1. The number of likely N-dealkylation sites (tertiary alicyclic amines) is 1. The zero-order valence-corrected chi connectivity index (χ0v) is 20.1. The van der Waals surface area contributed by atoms with Crippen LogP contribution in [0.5, 0.6) is 0 Å². The van der Waals surface area contributed by atoms with Gasteiger partial charge in [-0.1, -0.05) is 31.4 Å². The van der Waals surface area contributed by atoms with Crippen LogP contribution in [0.15, 0.2) is 25.3 Å². The molecule has 8 heteroatoms. The average molecular weight is 477 g/mol. The minimum atomic E-state index is -0.662. The van der Waals surface area contributed by atoms with Gasteiger partial charge in [-0.25, -0.2) is 0 Å². The maximum Gasteiger partial charge on any atom is 0.310 e. The van der Waals surface area contributed by atoms with Gasteiger partial charge in [-0.2, -0.15) is 0 Å². The van der Waals surface area contributed by atoms with Crippen LogP contribution in [-0.4, -0.2) is 81.1 Å². The highest BCUT2D eigenvalue weighted by Gasteiger charge is 2.74. The van der Waals surface area contributed by atoms with Crippen LogP contribution in [0, 0.1) is 11.8 Å². The summed E-state index contributed by atoms with van der Waals surface area (Å²) in [6.07, 6.45) is 10.8. The molecule has 4 rings (SSSR count). The molecule has 2 unspecified atom stereocenters. The third kappa shape index (κ3) is 4.14. The topological polar surface area (TPSA) is 87.2 Å². The summed E-state index contributed by atoms with van der Waals surface area (Å²) in [7, 11) is 0. The highest BCUT2D eigenvalue weighted by Crippen LogP contribution is 2.66. The van der Waals surface area contributed by atoms with Gasteiger partial charge >= 0.3 is 5.97 Å². The van der Waals surface area contributed by atoms with E-state index in [4.69, 9.17) is 4.74 Å². The second-order valence-corrected chi connectivity index (χ2v) is 11.2. The first kappa shape index (κ1) is 24.3. The fourth-order valence-corrected chi connectivity index (χ4v) is 8.70. The Morgan fingerprint density at radius 2 is 1.97 bits per heavy atom. The van der Waals surface area contributed by atoms with Crippen molar-refractivity contribution in [2.45, 2.75) is 73.4 Å². The normalized spacial score (nSPS) is 33.1. The molecule has 3 heterocycles. The van der Waals surface area contributed by atoms with Crippen molar-refractivity contribution < 1.29 is 24.2 Å². The van der Waals surface area contributed by atoms with Crippen molar-refractivity contribution in [3.05, 3.63) is 25.3 Å². The second-order valence-electron chi connectivity index (χ2n) is 9.63. The smallest absolute Gasteiger partial charge is 0.310 e. The highest BCUT2D eigenvalue weighted by atomic mass is 32.2. The third-order valence-corrected chi connectivity index (χ3v) is 9.79. The van der Waals surface area contributed by atoms with Gasteiger partial charge in [-0.3, -0.25) is 14.4 Å². The number of nitrogens with zero attached hydrogens (tertiary/aromatic N) is 2. The zero-order chi connectivity index (χ0) is 23.6. The molecule has 0 radical (unpaired) electrons. The van der Waals surface area contributed by atoms with E-state index in [-0.39, 0.29) is 48.8 Å². The molecular formula is C25H36N2O5S. The SMILES string of the molecule is C=CCCOC(=O)[C@@H]1[C@@H]2CCC3(S2)C(C(=O)N(CC=C)C2CCCCC2)N(CCO)C(=O)[C@H]13. The summed E-state index contributed by atoms with van der Waals surface area (Å²) < 4.78 is 4.86. The summed E-state index contributed by atoms with van der Waals surface area (Å²) >= 11 is 1.64. The van der Waals surface area contributed by atoms with Crippen molar-refractivity contribution in [2.24, 2.45) is 11.8 Å². The summed E-state index contributed by atoms with van der Waals surface area (Å²) in [5.74, 6) is -1.70. The lowest BCUT2D eigenvalue weighted by Crippen LogP contribution is -2.57. The number of hydrogen-bond acceptors (Lipinski definition) is 6. The minimum Gasteiger partial charge on any atom is -0.465 e. The molecule has 4 fully saturated rings. The molecule has 3 saturated heterocycles. The summed E-state index contributed by atoms with van der Waals surface area (Å²) in [4.78, 5) is 44.3. The maximum absolute atomic E-state index is 14.1. The first-order valence-corrected chi connectivity index (χ1v) is 13.2. The Morgan fingerprint density at radius 3 is 2.64 bits per heavy atom. The van der Waals surface area contributed by atoms with E-state index in [1.54, 1.807) is 28.8 Å². The van der Waals surface area contributed by atoms with E-state index in [0.717, 1.165) is 38.5 Å². The number of β-amino-alcohol motifs (C(OH)–C–C–N with tert-alkyl or cyclic N) is 1. The van der Waals surface area contributed by atoms with Gasteiger partial charge in [0.2, 0.25) is 11.8 Å². The number of amides is 2. The fraction of sp³-hybridized carbons (Fsp3) is 0.720. The highest BCUT2D eigenvalue weighted by molar-refractivity contribution is 8.02. The van der Waals surface area contributed by atoms with Crippen LogP contribution in [0.2, 0.25) is 0 Å². The number of esters is 1. The lowest BCUT2D eigenvalue weighted by Gasteiger charge is -2.41. The van der Waals surface area contributed by atoms with Gasteiger partial charge in [0.1, 0.15) is 6.04 Å². The summed E-state index contributed by atoms with van der Waals surface area (Å²) in [5, 5.41) is 9.73. The molecule has 33 heavy (non-hydrogen) atoms. The predicted molar refractivity (Wildman–Crippen MR) is 127 cm³/mol. The van der Waals surface area contributed by atoms with E-state index in [2.05, 4.69) is 13.2 Å². The number of hydrogen-bond donors (Lipinski definition) is 1. The van der Waals surface area contributed by atoms with Gasteiger partial charge in [-0.05, 0) is 32.1 Å². The molecule has 2 amide bonds. The zero-order valence-electron chi connectivity index (χ0n) is 19.3. The molecule has 1 aliphatic carbocycles. The number of aliphatic hydroxyl groups is 1. The molecule has 182 valence electrons. The van der Waals surface area contributed by atoms with Crippen LogP contribution in [0.25, 0.3) is 0 Å². The molecule has 7 nitrogen and oxygen atoms in total. The molecule has 5 atom stereocenters. The molecule has 0 aromatic rings. The Morgan fingerprint density at radius 1 is 1.21 bits per heavy atom. The van der Waals surface area contributed by atoms with E-state index >= 15 is 0 Å². The molecule has 0 aromatic carbocycles. The van der Waals surface area contributed by atoms with Gasteiger partial charge in [0.05, 0.1) is 29.8 Å². The number of rotatable bonds is 10. The largest absolute Gasteiger partial charge is 0.465 e. The summed E-state index contributed by atoms with van der Waals surface area (Å²) in [6.45, 7) is 8.11. The average Bonchev–Trinajstić information content (AvgIpc) is 3.46. The van der Waals surface area contributed by atoms with Crippen molar-refractivity contribution in [3.63, 3.8) is 0 Å². The van der Waals surface area contributed by atoms with Crippen LogP contribution in [0.4, 0.5) is 0 Å². The fourth-order valence-electron chi connectivity index (χ4n) is 6.50. The molecule has 1 spiro atoms. The van der Waals surface area contributed by atoms with Gasteiger partial charge in [0, 0.05) is 24.4 Å². The van der Waals surface area contributed by atoms with Gasteiger partial charge in [0.15, 0.2) is 0 Å². The molecule has 4 aliphatic rings. The Kier molecular flexibility index (Phi) is 7.53. The maximum atomic E-state index is 14.1. The van der Waals surface area contributed by atoms with Crippen LogP contribution in [0.3, 0.4) is 0 Å². The summed E-state index contributed by atoms with van der Waals surface area (Å²) in [5.41, 5.74) is 0. The summed E-state index contributed by atoms with van der Waals surface area (Å²) in [6, 6.07) is -0.515. The molecule has 3 aliphatic heterocycles. The van der Waals surface area contributed by atoms with E-state index in [1.807, 2.05) is 4.90 Å². The molecule has 1 saturated carbocycles.